The molecule has 0 radical (unpaired) electrons. The van der Waals surface area contributed by atoms with E-state index in [0.717, 1.165) is 18.0 Å². The molecule has 33 heavy (non-hydrogen) atoms. The number of carbonyl (C=O) groups excluding carboxylic acids is 1. The molecule has 1 aromatic carbocycles. The maximum atomic E-state index is 13.0. The number of halogens is 3. The molecular formula is C23H18F3N5O2. The summed E-state index contributed by atoms with van der Waals surface area (Å²) >= 11 is 0. The predicted octanol–water partition coefficient (Wildman–Crippen LogP) is 5.01. The zero-order valence-electron chi connectivity index (χ0n) is 17.6. The Kier molecular flexibility index (Phi) is 5.91. The van der Waals surface area contributed by atoms with Crippen LogP contribution in [0.2, 0.25) is 0 Å². The van der Waals surface area contributed by atoms with Gasteiger partial charge in [0.2, 0.25) is 11.7 Å². The summed E-state index contributed by atoms with van der Waals surface area (Å²) in [5.41, 5.74) is 3.56. The summed E-state index contributed by atoms with van der Waals surface area (Å²) in [4.78, 5) is 28.3. The van der Waals surface area contributed by atoms with Gasteiger partial charge in [-0.15, -0.1) is 0 Å². The predicted molar refractivity (Wildman–Crippen MR) is 113 cm³/mol. The van der Waals surface area contributed by atoms with Gasteiger partial charge >= 0.3 is 6.18 Å². The van der Waals surface area contributed by atoms with Crippen molar-refractivity contribution in [2.24, 2.45) is 0 Å². The third-order valence-corrected chi connectivity index (χ3v) is 4.85. The molecule has 0 bridgehead atoms. The highest BCUT2D eigenvalue weighted by atomic mass is 19.4. The lowest BCUT2D eigenvalue weighted by molar-refractivity contribution is -0.145. The molecule has 0 spiro atoms. The van der Waals surface area contributed by atoms with Crippen molar-refractivity contribution < 1.29 is 22.4 Å². The number of amides is 1. The van der Waals surface area contributed by atoms with E-state index >= 15 is 0 Å². The Morgan fingerprint density at radius 3 is 2.33 bits per heavy atom. The standard InChI is InChI=1S/C23H18F3N5O2/c1-13-3-4-19(28-10-13)15-7-16(9-17(8-15)21-27-5-6-33-21)20(32)31-14(2)18-11-29-22(30-12-18)23(24,25)26/h3-12,14H,1-2H3,(H,31,32)/t14-/m1/s1. The molecule has 7 nitrogen and oxygen atoms in total. The topological polar surface area (TPSA) is 93.8 Å². The summed E-state index contributed by atoms with van der Waals surface area (Å²) in [7, 11) is 0. The summed E-state index contributed by atoms with van der Waals surface area (Å²) in [5, 5.41) is 2.76. The van der Waals surface area contributed by atoms with E-state index in [2.05, 4.69) is 25.3 Å². The van der Waals surface area contributed by atoms with Crippen LogP contribution in [0.1, 0.15) is 40.3 Å². The fraction of sp³-hybridized carbons (Fsp3) is 0.174. The number of oxazole rings is 1. The number of nitrogens with one attached hydrogen (secondary N) is 1. The number of hydrogen-bond donors (Lipinski definition) is 1. The molecular weight excluding hydrogens is 435 g/mol. The average molecular weight is 453 g/mol. The normalized spacial score (nSPS) is 12.4. The van der Waals surface area contributed by atoms with E-state index in [1.54, 1.807) is 25.3 Å². The lowest BCUT2D eigenvalue weighted by Gasteiger charge is -2.15. The van der Waals surface area contributed by atoms with Crippen molar-refractivity contribution in [3.8, 4) is 22.7 Å². The van der Waals surface area contributed by atoms with Crippen molar-refractivity contribution in [1.82, 2.24) is 25.3 Å². The molecule has 1 N–H and O–H groups in total. The van der Waals surface area contributed by atoms with E-state index in [1.807, 2.05) is 25.1 Å². The summed E-state index contributed by atoms with van der Waals surface area (Å²) in [6.07, 6.45) is 2.11. The molecule has 168 valence electrons. The molecule has 0 fully saturated rings. The number of pyridine rings is 1. The van der Waals surface area contributed by atoms with Crippen molar-refractivity contribution in [2.75, 3.05) is 0 Å². The van der Waals surface area contributed by atoms with Crippen LogP contribution in [0.15, 0.2) is 65.8 Å². The van der Waals surface area contributed by atoms with Crippen LogP contribution in [-0.4, -0.2) is 25.8 Å². The number of carbonyl (C=O) groups is 1. The first-order valence-electron chi connectivity index (χ1n) is 9.88. The quantitative estimate of drug-likeness (QED) is 0.457. The maximum absolute atomic E-state index is 13.0. The molecule has 3 aromatic heterocycles. The fourth-order valence-electron chi connectivity index (χ4n) is 3.11. The summed E-state index contributed by atoms with van der Waals surface area (Å²) in [6.45, 7) is 3.55. The van der Waals surface area contributed by atoms with Gasteiger partial charge in [-0.3, -0.25) is 9.78 Å². The van der Waals surface area contributed by atoms with Crippen LogP contribution in [0.25, 0.3) is 22.7 Å². The Morgan fingerprint density at radius 2 is 1.73 bits per heavy atom. The van der Waals surface area contributed by atoms with E-state index in [9.17, 15) is 18.0 Å². The second-order valence-electron chi connectivity index (χ2n) is 7.39. The van der Waals surface area contributed by atoms with Gasteiger partial charge in [-0.25, -0.2) is 15.0 Å². The number of nitrogens with zero attached hydrogens (tertiary/aromatic N) is 4. The molecule has 4 rings (SSSR count). The van der Waals surface area contributed by atoms with Crippen LogP contribution in [0, 0.1) is 6.92 Å². The van der Waals surface area contributed by atoms with Gasteiger partial charge in [-0.05, 0) is 43.7 Å². The van der Waals surface area contributed by atoms with Crippen molar-refractivity contribution in [3.63, 3.8) is 0 Å². The molecule has 0 saturated heterocycles. The van der Waals surface area contributed by atoms with Crippen LogP contribution in [0.5, 0.6) is 0 Å². The van der Waals surface area contributed by atoms with Crippen LogP contribution in [0.3, 0.4) is 0 Å². The molecule has 4 aromatic rings. The monoisotopic (exact) mass is 453 g/mol. The Hall–Kier alpha value is -4.08. The molecule has 0 saturated carbocycles. The average Bonchev–Trinajstić information content (AvgIpc) is 3.34. The van der Waals surface area contributed by atoms with Crippen LogP contribution in [0.4, 0.5) is 13.2 Å². The van der Waals surface area contributed by atoms with Crippen LogP contribution >= 0.6 is 0 Å². The van der Waals surface area contributed by atoms with E-state index < -0.39 is 23.9 Å². The van der Waals surface area contributed by atoms with E-state index in [0.29, 0.717) is 33.8 Å². The van der Waals surface area contributed by atoms with Crippen LogP contribution < -0.4 is 5.32 Å². The number of hydrogen-bond acceptors (Lipinski definition) is 6. The third kappa shape index (κ3) is 5.05. The number of aromatic nitrogens is 4. The Labute approximate surface area is 186 Å². The van der Waals surface area contributed by atoms with Gasteiger partial charge in [0.25, 0.3) is 5.91 Å². The van der Waals surface area contributed by atoms with Gasteiger partial charge in [0.05, 0.1) is 17.9 Å². The lowest BCUT2D eigenvalue weighted by atomic mass is 10.0. The second kappa shape index (κ2) is 8.81. The number of benzene rings is 1. The number of rotatable bonds is 5. The van der Waals surface area contributed by atoms with Crippen molar-refractivity contribution >= 4 is 5.91 Å². The van der Waals surface area contributed by atoms with Gasteiger partial charge in [0.1, 0.15) is 6.26 Å². The summed E-state index contributed by atoms with van der Waals surface area (Å²) in [6, 6.07) is 8.23. The summed E-state index contributed by atoms with van der Waals surface area (Å²) < 4.78 is 43.5. The Morgan fingerprint density at radius 1 is 1.00 bits per heavy atom. The highest BCUT2D eigenvalue weighted by Crippen LogP contribution is 2.28. The molecule has 1 atom stereocenters. The minimum absolute atomic E-state index is 0.308. The van der Waals surface area contributed by atoms with Crippen molar-refractivity contribution in [2.45, 2.75) is 26.1 Å². The molecule has 3 heterocycles. The molecule has 0 aliphatic heterocycles. The molecule has 0 unspecified atom stereocenters. The molecule has 0 aliphatic carbocycles. The van der Waals surface area contributed by atoms with Gasteiger partial charge in [0.15, 0.2) is 0 Å². The van der Waals surface area contributed by atoms with E-state index in [1.165, 1.54) is 12.5 Å². The maximum Gasteiger partial charge on any atom is 0.451 e. The van der Waals surface area contributed by atoms with Crippen molar-refractivity contribution in [1.29, 1.82) is 0 Å². The number of aryl methyl sites for hydroxylation is 1. The van der Waals surface area contributed by atoms with Crippen LogP contribution in [-0.2, 0) is 6.18 Å². The molecule has 10 heteroatoms. The first-order valence-corrected chi connectivity index (χ1v) is 9.88. The third-order valence-electron chi connectivity index (χ3n) is 4.85. The summed E-state index contributed by atoms with van der Waals surface area (Å²) in [5.74, 6) is -1.34. The zero-order valence-corrected chi connectivity index (χ0v) is 17.6. The highest BCUT2D eigenvalue weighted by Gasteiger charge is 2.34. The van der Waals surface area contributed by atoms with E-state index in [-0.39, 0.29) is 0 Å². The highest BCUT2D eigenvalue weighted by molar-refractivity contribution is 5.97. The van der Waals surface area contributed by atoms with Gasteiger partial charge in [0, 0.05) is 40.8 Å². The fourth-order valence-corrected chi connectivity index (χ4v) is 3.11. The minimum Gasteiger partial charge on any atom is -0.445 e. The lowest BCUT2D eigenvalue weighted by Crippen LogP contribution is -2.27. The van der Waals surface area contributed by atoms with Gasteiger partial charge in [-0.2, -0.15) is 13.2 Å². The Bertz CT molecular complexity index is 1260. The van der Waals surface area contributed by atoms with Crippen molar-refractivity contribution in [3.05, 3.63) is 83.9 Å². The molecule has 1 amide bonds. The van der Waals surface area contributed by atoms with E-state index in [4.69, 9.17) is 4.42 Å². The first kappa shape index (κ1) is 22.1. The second-order valence-corrected chi connectivity index (χ2v) is 7.39. The first-order chi connectivity index (χ1) is 15.7. The molecule has 0 aliphatic rings. The van der Waals surface area contributed by atoms with Gasteiger partial charge < -0.3 is 9.73 Å². The SMILES string of the molecule is Cc1ccc(-c2cc(C(=O)N[C@H](C)c3cnc(C(F)(F)F)nc3)cc(-c3ncco3)c2)nc1. The Balaban J connectivity index is 1.63. The largest absolute Gasteiger partial charge is 0.451 e. The smallest absolute Gasteiger partial charge is 0.445 e. The zero-order chi connectivity index (χ0) is 23.6. The van der Waals surface area contributed by atoms with Gasteiger partial charge in [-0.1, -0.05) is 6.07 Å². The minimum atomic E-state index is -4.63. The number of alkyl halides is 3.